The van der Waals surface area contributed by atoms with Gasteiger partial charge < -0.3 is 5.32 Å². The Bertz CT molecular complexity index is 367. The number of allylic oxidation sites excluding steroid dienone is 4. The van der Waals surface area contributed by atoms with Crippen LogP contribution in [0.25, 0.3) is 0 Å². The fraction of sp³-hybridized carbons (Fsp3) is 0.125. The van der Waals surface area contributed by atoms with Crippen LogP contribution >= 0.6 is 15.9 Å². The summed E-state index contributed by atoms with van der Waals surface area (Å²) in [6.07, 6.45) is 1.59. The fourth-order valence-electron chi connectivity index (χ4n) is 0.790. The highest BCUT2D eigenvalue weighted by Gasteiger charge is 2.13. The Morgan fingerprint density at radius 1 is 1.67 bits per heavy atom. The highest BCUT2D eigenvalue weighted by molar-refractivity contribution is 9.11. The van der Waals surface area contributed by atoms with Crippen LogP contribution in [0.2, 0.25) is 0 Å². The summed E-state index contributed by atoms with van der Waals surface area (Å²) in [5.41, 5.74) is 1.29. The molecule has 3 nitrogen and oxygen atoms in total. The molecule has 60 valence electrons. The van der Waals surface area contributed by atoms with Crippen LogP contribution in [-0.4, -0.2) is 5.94 Å². The smallest absolute Gasteiger partial charge is 0.151 e. The standard InChI is InChI=1S/C8H5BrN2O/c1-5-7(9)2-6(3-10)8(4-12)11-5/h2,11H,1H3. The van der Waals surface area contributed by atoms with E-state index in [-0.39, 0.29) is 5.70 Å². The summed E-state index contributed by atoms with van der Waals surface area (Å²) in [6.45, 7) is 1.80. The third-order valence-corrected chi connectivity index (χ3v) is 2.26. The third-order valence-electron chi connectivity index (χ3n) is 1.43. The van der Waals surface area contributed by atoms with Gasteiger partial charge in [-0.1, -0.05) is 0 Å². The van der Waals surface area contributed by atoms with Crippen molar-refractivity contribution >= 4 is 21.9 Å². The molecule has 0 unspecified atom stereocenters. The van der Waals surface area contributed by atoms with Crippen molar-refractivity contribution in [3.8, 4) is 6.07 Å². The summed E-state index contributed by atoms with van der Waals surface area (Å²) in [7, 11) is 0. The SMILES string of the molecule is CC1=C(Br)C=C(C#N)C(=C=O)N1. The number of nitriles is 1. The lowest BCUT2D eigenvalue weighted by Crippen LogP contribution is -2.17. The van der Waals surface area contributed by atoms with Gasteiger partial charge in [-0.2, -0.15) is 5.26 Å². The Hall–Kier alpha value is -1.30. The first-order valence-electron chi connectivity index (χ1n) is 3.19. The third kappa shape index (κ3) is 1.48. The Labute approximate surface area is 78.2 Å². The van der Waals surface area contributed by atoms with Gasteiger partial charge in [-0.05, 0) is 28.9 Å². The number of nitrogens with one attached hydrogen (secondary N) is 1. The molecule has 1 rings (SSSR count). The molecule has 1 heterocycles. The van der Waals surface area contributed by atoms with Crippen LogP contribution in [0.3, 0.4) is 0 Å². The first kappa shape index (κ1) is 8.79. The van der Waals surface area contributed by atoms with E-state index in [9.17, 15) is 4.79 Å². The molecular weight excluding hydrogens is 220 g/mol. The molecule has 0 aromatic heterocycles. The molecule has 0 saturated carbocycles. The topological polar surface area (TPSA) is 52.9 Å². The predicted molar refractivity (Wildman–Crippen MR) is 47.7 cm³/mol. The first-order chi connectivity index (χ1) is 5.69. The van der Waals surface area contributed by atoms with Gasteiger partial charge in [0.15, 0.2) is 5.94 Å². The fourth-order valence-corrected chi connectivity index (χ4v) is 1.12. The second-order valence-electron chi connectivity index (χ2n) is 2.24. The Morgan fingerprint density at radius 3 is 2.83 bits per heavy atom. The van der Waals surface area contributed by atoms with Crippen molar-refractivity contribution in [3.63, 3.8) is 0 Å². The van der Waals surface area contributed by atoms with Crippen molar-refractivity contribution in [2.75, 3.05) is 0 Å². The lowest BCUT2D eigenvalue weighted by atomic mass is 10.1. The quantitative estimate of drug-likeness (QED) is 0.633. The molecule has 1 aliphatic heterocycles. The van der Waals surface area contributed by atoms with Gasteiger partial charge in [-0.3, -0.25) is 0 Å². The molecule has 0 fully saturated rings. The molecule has 1 aliphatic rings. The van der Waals surface area contributed by atoms with Crippen molar-refractivity contribution in [1.29, 1.82) is 5.26 Å². The van der Waals surface area contributed by atoms with Crippen LogP contribution in [0.1, 0.15) is 6.92 Å². The Kier molecular flexibility index (Phi) is 2.49. The number of halogens is 1. The molecule has 4 heteroatoms. The summed E-state index contributed by atoms with van der Waals surface area (Å²) in [5.74, 6) is 1.67. The second-order valence-corrected chi connectivity index (χ2v) is 3.10. The van der Waals surface area contributed by atoms with Crippen molar-refractivity contribution in [2.24, 2.45) is 0 Å². The van der Waals surface area contributed by atoms with Gasteiger partial charge >= 0.3 is 0 Å². The number of hydrogen-bond donors (Lipinski definition) is 1. The van der Waals surface area contributed by atoms with E-state index in [0.717, 1.165) is 10.2 Å². The van der Waals surface area contributed by atoms with E-state index >= 15 is 0 Å². The maximum atomic E-state index is 10.3. The van der Waals surface area contributed by atoms with Gasteiger partial charge in [0.05, 0.1) is 5.57 Å². The van der Waals surface area contributed by atoms with E-state index in [1.54, 1.807) is 18.9 Å². The number of nitrogens with zero attached hydrogens (tertiary/aromatic N) is 1. The van der Waals surface area contributed by atoms with Gasteiger partial charge in [0, 0.05) is 10.2 Å². The van der Waals surface area contributed by atoms with Gasteiger partial charge in [-0.15, -0.1) is 0 Å². The lowest BCUT2D eigenvalue weighted by Gasteiger charge is -2.12. The molecule has 0 saturated heterocycles. The summed E-state index contributed by atoms with van der Waals surface area (Å²) < 4.78 is 0.776. The monoisotopic (exact) mass is 224 g/mol. The van der Waals surface area contributed by atoms with Crippen LogP contribution < -0.4 is 5.32 Å². The molecule has 0 spiro atoms. The maximum Gasteiger partial charge on any atom is 0.151 e. The molecule has 0 amide bonds. The van der Waals surface area contributed by atoms with E-state index in [0.29, 0.717) is 5.57 Å². The summed E-state index contributed by atoms with van der Waals surface area (Å²) in [6, 6.07) is 1.89. The van der Waals surface area contributed by atoms with Crippen LogP contribution in [0, 0.1) is 11.3 Å². The van der Waals surface area contributed by atoms with Crippen LogP contribution in [0.5, 0.6) is 0 Å². The zero-order chi connectivity index (χ0) is 9.14. The number of dihydropyridines is 1. The molecule has 0 bridgehead atoms. The molecule has 0 atom stereocenters. The normalized spacial score (nSPS) is 16.1. The van der Waals surface area contributed by atoms with E-state index < -0.39 is 0 Å². The summed E-state index contributed by atoms with van der Waals surface area (Å²) in [5, 5.41) is 11.3. The molecule has 0 aromatic rings. The average molecular weight is 225 g/mol. The first-order valence-corrected chi connectivity index (χ1v) is 3.99. The maximum absolute atomic E-state index is 10.3. The van der Waals surface area contributed by atoms with Crippen molar-refractivity contribution in [2.45, 2.75) is 6.92 Å². The second kappa shape index (κ2) is 3.40. The molecule has 12 heavy (non-hydrogen) atoms. The zero-order valence-corrected chi connectivity index (χ0v) is 7.90. The summed E-state index contributed by atoms with van der Waals surface area (Å²) in [4.78, 5) is 10.3. The zero-order valence-electron chi connectivity index (χ0n) is 6.31. The highest BCUT2D eigenvalue weighted by Crippen LogP contribution is 2.21. The van der Waals surface area contributed by atoms with Crippen LogP contribution in [-0.2, 0) is 4.79 Å². The highest BCUT2D eigenvalue weighted by atomic mass is 79.9. The average Bonchev–Trinajstić information content (AvgIpc) is 2.09. The van der Waals surface area contributed by atoms with Crippen LogP contribution in [0.4, 0.5) is 0 Å². The minimum atomic E-state index is 0.193. The largest absolute Gasteiger partial charge is 0.348 e. The number of rotatable bonds is 0. The van der Waals surface area contributed by atoms with Gasteiger partial charge in [0.25, 0.3) is 0 Å². The molecule has 0 aromatic carbocycles. The number of carbonyl (C=O) groups excluding carboxylic acids is 1. The lowest BCUT2D eigenvalue weighted by molar-refractivity contribution is 0.566. The van der Waals surface area contributed by atoms with E-state index in [4.69, 9.17) is 5.26 Å². The molecular formula is C8H5BrN2O. The Balaban J connectivity index is 3.21. The van der Waals surface area contributed by atoms with Crippen molar-refractivity contribution in [3.05, 3.63) is 27.5 Å². The van der Waals surface area contributed by atoms with E-state index in [2.05, 4.69) is 21.2 Å². The van der Waals surface area contributed by atoms with Crippen molar-refractivity contribution in [1.82, 2.24) is 5.32 Å². The Morgan fingerprint density at radius 2 is 2.33 bits per heavy atom. The van der Waals surface area contributed by atoms with Gasteiger partial charge in [0.2, 0.25) is 0 Å². The summed E-state index contributed by atoms with van der Waals surface area (Å²) >= 11 is 3.24. The van der Waals surface area contributed by atoms with E-state index in [1.807, 2.05) is 6.07 Å². The number of hydrogen-bond acceptors (Lipinski definition) is 3. The van der Waals surface area contributed by atoms with E-state index in [1.165, 1.54) is 0 Å². The predicted octanol–water partition coefficient (Wildman–Crippen LogP) is 1.38. The van der Waals surface area contributed by atoms with Crippen molar-refractivity contribution < 1.29 is 4.79 Å². The van der Waals surface area contributed by atoms with Crippen LogP contribution in [0.15, 0.2) is 27.5 Å². The minimum absolute atomic E-state index is 0.193. The molecule has 1 N–H and O–H groups in total. The molecule has 0 aliphatic carbocycles. The molecule has 0 radical (unpaired) electrons. The van der Waals surface area contributed by atoms with Gasteiger partial charge in [-0.25, -0.2) is 4.79 Å². The minimum Gasteiger partial charge on any atom is -0.348 e. The van der Waals surface area contributed by atoms with Gasteiger partial charge in [0.1, 0.15) is 11.8 Å².